The molecular formula is C14H19BrN2O2. The third-order valence-corrected chi connectivity index (χ3v) is 4.27. The lowest BCUT2D eigenvalue weighted by molar-refractivity contribution is 0.0697. The SMILES string of the molecule is CCC1CN(c2cc(Br)ccc2C(=O)O)CCN1C. The molecule has 1 heterocycles. The van der Waals surface area contributed by atoms with Crippen molar-refractivity contribution in [2.45, 2.75) is 19.4 Å². The molecule has 1 aromatic rings. The third kappa shape index (κ3) is 3.09. The molecule has 1 unspecified atom stereocenters. The van der Waals surface area contributed by atoms with E-state index >= 15 is 0 Å². The quantitative estimate of drug-likeness (QED) is 0.927. The summed E-state index contributed by atoms with van der Waals surface area (Å²) in [7, 11) is 2.13. The van der Waals surface area contributed by atoms with Crippen molar-refractivity contribution >= 4 is 27.6 Å². The van der Waals surface area contributed by atoms with E-state index in [1.807, 2.05) is 6.07 Å². The minimum Gasteiger partial charge on any atom is -0.478 e. The molecule has 0 radical (unpaired) electrons. The summed E-state index contributed by atoms with van der Waals surface area (Å²) in [5, 5.41) is 9.31. The van der Waals surface area contributed by atoms with E-state index < -0.39 is 5.97 Å². The second-order valence-electron chi connectivity index (χ2n) is 4.96. The molecule has 0 bridgehead atoms. The van der Waals surface area contributed by atoms with Gasteiger partial charge in [0.25, 0.3) is 0 Å². The molecule has 0 amide bonds. The molecule has 1 aromatic carbocycles. The van der Waals surface area contributed by atoms with Gasteiger partial charge in [-0.15, -0.1) is 0 Å². The largest absolute Gasteiger partial charge is 0.478 e. The monoisotopic (exact) mass is 326 g/mol. The number of hydrogen-bond acceptors (Lipinski definition) is 3. The maximum atomic E-state index is 11.3. The van der Waals surface area contributed by atoms with Gasteiger partial charge in [0.05, 0.1) is 11.3 Å². The van der Waals surface area contributed by atoms with Gasteiger partial charge in [-0.2, -0.15) is 0 Å². The molecule has 1 aliphatic rings. The van der Waals surface area contributed by atoms with Crippen LogP contribution in [0.1, 0.15) is 23.7 Å². The number of likely N-dealkylation sites (N-methyl/N-ethyl adjacent to an activating group) is 1. The van der Waals surface area contributed by atoms with Crippen LogP contribution in [0.3, 0.4) is 0 Å². The molecule has 0 spiro atoms. The predicted molar refractivity (Wildman–Crippen MR) is 80.0 cm³/mol. The van der Waals surface area contributed by atoms with Gasteiger partial charge in [0.2, 0.25) is 0 Å². The Morgan fingerprint density at radius 2 is 2.21 bits per heavy atom. The van der Waals surface area contributed by atoms with E-state index in [0.717, 1.165) is 36.2 Å². The van der Waals surface area contributed by atoms with E-state index in [9.17, 15) is 9.90 Å². The Kier molecular flexibility index (Phi) is 4.47. The Hall–Kier alpha value is -1.07. The number of carboxylic acids is 1. The summed E-state index contributed by atoms with van der Waals surface area (Å²) >= 11 is 3.43. The summed E-state index contributed by atoms with van der Waals surface area (Å²) in [4.78, 5) is 15.9. The lowest BCUT2D eigenvalue weighted by Crippen LogP contribution is -2.51. The van der Waals surface area contributed by atoms with Crippen molar-refractivity contribution in [3.63, 3.8) is 0 Å². The zero-order valence-electron chi connectivity index (χ0n) is 11.3. The van der Waals surface area contributed by atoms with Crippen LogP contribution in [0.15, 0.2) is 22.7 Å². The number of benzene rings is 1. The molecule has 0 aliphatic carbocycles. The lowest BCUT2D eigenvalue weighted by Gasteiger charge is -2.40. The number of nitrogens with zero attached hydrogens (tertiary/aromatic N) is 2. The smallest absolute Gasteiger partial charge is 0.337 e. The fourth-order valence-corrected chi connectivity index (χ4v) is 2.90. The average molecular weight is 327 g/mol. The van der Waals surface area contributed by atoms with E-state index in [2.05, 4.69) is 39.7 Å². The van der Waals surface area contributed by atoms with E-state index in [4.69, 9.17) is 0 Å². The zero-order valence-corrected chi connectivity index (χ0v) is 12.9. The topological polar surface area (TPSA) is 43.8 Å². The van der Waals surface area contributed by atoms with Crippen LogP contribution < -0.4 is 4.90 Å². The van der Waals surface area contributed by atoms with Gasteiger partial charge >= 0.3 is 5.97 Å². The maximum Gasteiger partial charge on any atom is 0.337 e. The summed E-state index contributed by atoms with van der Waals surface area (Å²) in [6, 6.07) is 5.83. The highest BCUT2D eigenvalue weighted by Crippen LogP contribution is 2.27. The first-order valence-corrected chi connectivity index (χ1v) is 7.30. The van der Waals surface area contributed by atoms with Crippen LogP contribution in [-0.2, 0) is 0 Å². The summed E-state index contributed by atoms with van der Waals surface area (Å²) in [5.41, 5.74) is 1.19. The Bertz CT molecular complexity index is 479. The summed E-state index contributed by atoms with van der Waals surface area (Å²) in [6.45, 7) is 4.88. The molecule has 19 heavy (non-hydrogen) atoms. The van der Waals surface area contributed by atoms with E-state index in [1.165, 1.54) is 0 Å². The molecule has 1 N–H and O–H groups in total. The molecule has 1 fully saturated rings. The lowest BCUT2D eigenvalue weighted by atomic mass is 10.1. The van der Waals surface area contributed by atoms with Gasteiger partial charge in [-0.05, 0) is 31.7 Å². The first kappa shape index (κ1) is 14.3. The fourth-order valence-electron chi connectivity index (χ4n) is 2.55. The maximum absolute atomic E-state index is 11.3. The highest BCUT2D eigenvalue weighted by Gasteiger charge is 2.25. The highest BCUT2D eigenvalue weighted by molar-refractivity contribution is 9.10. The Morgan fingerprint density at radius 1 is 1.47 bits per heavy atom. The van der Waals surface area contributed by atoms with Crippen molar-refractivity contribution < 1.29 is 9.90 Å². The molecule has 1 saturated heterocycles. The number of rotatable bonds is 3. The molecule has 1 aliphatic heterocycles. The summed E-state index contributed by atoms with van der Waals surface area (Å²) in [6.07, 6.45) is 1.07. The van der Waals surface area contributed by atoms with Crippen molar-refractivity contribution in [1.29, 1.82) is 0 Å². The number of aromatic carboxylic acids is 1. The molecule has 0 aromatic heterocycles. The van der Waals surface area contributed by atoms with E-state index in [-0.39, 0.29) is 0 Å². The Labute approximate surface area is 122 Å². The zero-order chi connectivity index (χ0) is 14.0. The van der Waals surface area contributed by atoms with Crippen LogP contribution in [0.4, 0.5) is 5.69 Å². The van der Waals surface area contributed by atoms with E-state index in [0.29, 0.717) is 11.6 Å². The Balaban J connectivity index is 2.31. The van der Waals surface area contributed by atoms with Crippen molar-refractivity contribution in [1.82, 2.24) is 4.90 Å². The van der Waals surface area contributed by atoms with Crippen LogP contribution in [-0.4, -0.2) is 48.7 Å². The van der Waals surface area contributed by atoms with Crippen LogP contribution in [0.2, 0.25) is 0 Å². The minimum absolute atomic E-state index is 0.377. The van der Waals surface area contributed by atoms with Crippen LogP contribution in [0, 0.1) is 0 Å². The van der Waals surface area contributed by atoms with Crippen molar-refractivity contribution in [2.75, 3.05) is 31.6 Å². The molecular weight excluding hydrogens is 308 g/mol. The normalized spacial score (nSPS) is 20.6. The molecule has 0 saturated carbocycles. The number of halogens is 1. The molecule has 2 rings (SSSR count). The highest BCUT2D eigenvalue weighted by atomic mass is 79.9. The number of piperazine rings is 1. The molecule has 5 heteroatoms. The average Bonchev–Trinajstić information content (AvgIpc) is 2.38. The van der Waals surface area contributed by atoms with Gasteiger partial charge in [0, 0.05) is 30.1 Å². The molecule has 104 valence electrons. The van der Waals surface area contributed by atoms with Crippen LogP contribution in [0.25, 0.3) is 0 Å². The van der Waals surface area contributed by atoms with Gasteiger partial charge in [-0.3, -0.25) is 4.90 Å². The number of hydrogen-bond donors (Lipinski definition) is 1. The Morgan fingerprint density at radius 3 is 2.84 bits per heavy atom. The second-order valence-corrected chi connectivity index (χ2v) is 5.87. The van der Waals surface area contributed by atoms with Gasteiger partial charge in [-0.25, -0.2) is 4.79 Å². The predicted octanol–water partition coefficient (Wildman–Crippen LogP) is 2.68. The number of anilines is 1. The molecule has 4 nitrogen and oxygen atoms in total. The van der Waals surface area contributed by atoms with Crippen molar-refractivity contribution in [2.24, 2.45) is 0 Å². The van der Waals surface area contributed by atoms with Crippen LogP contribution in [0.5, 0.6) is 0 Å². The number of carboxylic acid groups (broad SMARTS) is 1. The van der Waals surface area contributed by atoms with Gasteiger partial charge in [-0.1, -0.05) is 22.9 Å². The summed E-state index contributed by atoms with van der Waals surface area (Å²) in [5.74, 6) is -0.866. The second kappa shape index (κ2) is 5.92. The third-order valence-electron chi connectivity index (χ3n) is 3.78. The van der Waals surface area contributed by atoms with E-state index in [1.54, 1.807) is 12.1 Å². The standard InChI is InChI=1S/C14H19BrN2O2/c1-3-11-9-17(7-6-16(11)2)13-8-10(15)4-5-12(13)14(18)19/h4-5,8,11H,3,6-7,9H2,1-2H3,(H,18,19). The van der Waals surface area contributed by atoms with Crippen molar-refractivity contribution in [3.05, 3.63) is 28.2 Å². The fraction of sp³-hybridized carbons (Fsp3) is 0.500. The number of carbonyl (C=O) groups is 1. The molecule has 1 atom stereocenters. The van der Waals surface area contributed by atoms with Gasteiger partial charge in [0.15, 0.2) is 0 Å². The summed E-state index contributed by atoms with van der Waals surface area (Å²) < 4.78 is 0.916. The first-order chi connectivity index (χ1) is 9.02. The van der Waals surface area contributed by atoms with Gasteiger partial charge < -0.3 is 10.0 Å². The first-order valence-electron chi connectivity index (χ1n) is 6.51. The van der Waals surface area contributed by atoms with Crippen molar-refractivity contribution in [3.8, 4) is 0 Å². The van der Waals surface area contributed by atoms with Gasteiger partial charge in [0.1, 0.15) is 0 Å². The van der Waals surface area contributed by atoms with Crippen LogP contribution >= 0.6 is 15.9 Å². The minimum atomic E-state index is -0.866.